The van der Waals surface area contributed by atoms with Crippen LogP contribution < -0.4 is 4.74 Å². The molecule has 25 heavy (non-hydrogen) atoms. The zero-order valence-corrected chi connectivity index (χ0v) is 14.8. The molecule has 1 atom stereocenters. The van der Waals surface area contributed by atoms with Crippen molar-refractivity contribution in [2.75, 3.05) is 39.8 Å². The Morgan fingerprint density at radius 2 is 2.08 bits per heavy atom. The second-order valence-corrected chi connectivity index (χ2v) is 6.67. The Morgan fingerprint density at radius 3 is 2.68 bits per heavy atom. The number of methoxy groups -OCH3 is 1. The number of nitrogens with zero attached hydrogens (tertiary/aromatic N) is 2. The molecule has 0 unspecified atom stereocenters. The molecular weight excluding hydrogens is 318 g/mol. The number of aromatic amines is 1. The van der Waals surface area contributed by atoms with Crippen molar-refractivity contribution in [3.05, 3.63) is 42.1 Å². The van der Waals surface area contributed by atoms with Crippen molar-refractivity contribution in [2.24, 2.45) is 0 Å². The number of hydrogen-bond donors (Lipinski definition) is 2. The maximum atomic E-state index is 12.0. The van der Waals surface area contributed by atoms with E-state index in [1.54, 1.807) is 7.11 Å². The fourth-order valence-corrected chi connectivity index (χ4v) is 3.52. The highest BCUT2D eigenvalue weighted by Crippen LogP contribution is 2.31. The molecule has 2 heterocycles. The standard InChI is InChI=1S/C19H25N3O3/c1-13(2)12-21-6-8-22(9-7-21)18(19(23)24)16-11-20-17-5-4-14(25-3)10-15(16)17/h4-5,10-11,18,20H,1,6-9,12H2,2-3H3,(H,23,24)/t18-/m1/s1. The summed E-state index contributed by atoms with van der Waals surface area (Å²) in [6.07, 6.45) is 1.81. The minimum atomic E-state index is -0.822. The van der Waals surface area contributed by atoms with E-state index in [9.17, 15) is 9.90 Å². The fraction of sp³-hybridized carbons (Fsp3) is 0.421. The first-order valence-corrected chi connectivity index (χ1v) is 8.48. The molecule has 1 aromatic heterocycles. The van der Waals surface area contributed by atoms with Gasteiger partial charge in [-0.05, 0) is 25.1 Å². The van der Waals surface area contributed by atoms with Gasteiger partial charge in [0.2, 0.25) is 0 Å². The van der Waals surface area contributed by atoms with E-state index in [1.807, 2.05) is 36.2 Å². The number of benzene rings is 1. The van der Waals surface area contributed by atoms with Crippen LogP contribution in [0.15, 0.2) is 36.5 Å². The van der Waals surface area contributed by atoms with Crippen molar-refractivity contribution >= 4 is 16.9 Å². The lowest BCUT2D eigenvalue weighted by Gasteiger charge is -2.37. The first-order chi connectivity index (χ1) is 12.0. The summed E-state index contributed by atoms with van der Waals surface area (Å²) in [4.78, 5) is 19.6. The molecule has 1 aliphatic rings. The maximum absolute atomic E-state index is 12.0. The Kier molecular flexibility index (Phi) is 5.11. The second-order valence-electron chi connectivity index (χ2n) is 6.67. The van der Waals surface area contributed by atoms with E-state index < -0.39 is 12.0 Å². The summed E-state index contributed by atoms with van der Waals surface area (Å²) in [5, 5.41) is 10.8. The molecule has 3 rings (SSSR count). The van der Waals surface area contributed by atoms with Gasteiger partial charge in [-0.25, -0.2) is 0 Å². The Morgan fingerprint density at radius 1 is 1.36 bits per heavy atom. The number of carboxylic acids is 1. The molecule has 0 bridgehead atoms. The fourth-order valence-electron chi connectivity index (χ4n) is 3.52. The zero-order chi connectivity index (χ0) is 18.0. The number of piperazine rings is 1. The molecule has 6 nitrogen and oxygen atoms in total. The van der Waals surface area contributed by atoms with Crippen molar-refractivity contribution in [2.45, 2.75) is 13.0 Å². The van der Waals surface area contributed by atoms with Crippen LogP contribution in [-0.4, -0.2) is 65.7 Å². The largest absolute Gasteiger partial charge is 0.497 e. The lowest BCUT2D eigenvalue weighted by Crippen LogP contribution is -2.49. The molecule has 0 spiro atoms. The zero-order valence-electron chi connectivity index (χ0n) is 14.8. The molecule has 2 N–H and O–H groups in total. The van der Waals surface area contributed by atoms with Gasteiger partial charge >= 0.3 is 5.97 Å². The van der Waals surface area contributed by atoms with Crippen LogP contribution in [0.25, 0.3) is 10.9 Å². The summed E-state index contributed by atoms with van der Waals surface area (Å²) in [5.74, 6) is -0.0964. The first kappa shape index (κ1) is 17.5. The van der Waals surface area contributed by atoms with Gasteiger partial charge < -0.3 is 14.8 Å². The summed E-state index contributed by atoms with van der Waals surface area (Å²) < 4.78 is 5.29. The predicted molar refractivity (Wildman–Crippen MR) is 98.1 cm³/mol. The van der Waals surface area contributed by atoms with Crippen LogP contribution in [-0.2, 0) is 4.79 Å². The number of ether oxygens (including phenoxy) is 1. The van der Waals surface area contributed by atoms with Crippen molar-refractivity contribution in [3.8, 4) is 5.75 Å². The molecule has 2 aromatic rings. The van der Waals surface area contributed by atoms with Crippen molar-refractivity contribution in [3.63, 3.8) is 0 Å². The quantitative estimate of drug-likeness (QED) is 0.789. The van der Waals surface area contributed by atoms with E-state index in [-0.39, 0.29) is 0 Å². The van der Waals surface area contributed by atoms with E-state index in [0.29, 0.717) is 0 Å². The van der Waals surface area contributed by atoms with Crippen molar-refractivity contribution in [1.82, 2.24) is 14.8 Å². The van der Waals surface area contributed by atoms with Crippen molar-refractivity contribution < 1.29 is 14.6 Å². The van der Waals surface area contributed by atoms with Gasteiger partial charge in [0.05, 0.1) is 7.11 Å². The molecule has 0 radical (unpaired) electrons. The van der Waals surface area contributed by atoms with Gasteiger partial charge in [-0.3, -0.25) is 14.6 Å². The molecule has 1 fully saturated rings. The van der Waals surface area contributed by atoms with Crippen LogP contribution in [0.2, 0.25) is 0 Å². The summed E-state index contributed by atoms with van der Waals surface area (Å²) in [7, 11) is 1.61. The predicted octanol–water partition coefficient (Wildman–Crippen LogP) is 2.50. The molecule has 0 aliphatic carbocycles. The SMILES string of the molecule is C=C(C)CN1CCN([C@@H](C(=O)O)c2c[nH]c3ccc(OC)cc23)CC1. The van der Waals surface area contributed by atoms with Gasteiger partial charge in [0.15, 0.2) is 0 Å². The average Bonchev–Trinajstić information content (AvgIpc) is 2.98. The number of nitrogens with one attached hydrogen (secondary N) is 1. The van der Waals surface area contributed by atoms with E-state index in [4.69, 9.17) is 4.74 Å². The van der Waals surface area contributed by atoms with E-state index in [2.05, 4.69) is 16.5 Å². The maximum Gasteiger partial charge on any atom is 0.325 e. The minimum Gasteiger partial charge on any atom is -0.497 e. The molecule has 0 amide bonds. The molecule has 1 aromatic carbocycles. The van der Waals surface area contributed by atoms with E-state index in [0.717, 1.165) is 60.5 Å². The summed E-state index contributed by atoms with van der Waals surface area (Å²) in [6, 6.07) is 5.03. The summed E-state index contributed by atoms with van der Waals surface area (Å²) in [6.45, 7) is 9.99. The molecule has 6 heteroatoms. The van der Waals surface area contributed by atoms with E-state index >= 15 is 0 Å². The number of aromatic nitrogens is 1. The van der Waals surface area contributed by atoms with Gasteiger partial charge in [-0.15, -0.1) is 0 Å². The molecular formula is C19H25N3O3. The molecule has 1 saturated heterocycles. The normalized spacial score (nSPS) is 17.5. The minimum absolute atomic E-state index is 0.659. The topological polar surface area (TPSA) is 68.8 Å². The van der Waals surface area contributed by atoms with Crippen LogP contribution >= 0.6 is 0 Å². The number of H-pyrrole nitrogens is 1. The third-order valence-corrected chi connectivity index (χ3v) is 4.71. The van der Waals surface area contributed by atoms with Crippen LogP contribution in [0, 0.1) is 0 Å². The lowest BCUT2D eigenvalue weighted by molar-refractivity contribution is -0.144. The van der Waals surface area contributed by atoms with Gasteiger partial charge in [0.1, 0.15) is 11.8 Å². The van der Waals surface area contributed by atoms with Gasteiger partial charge in [0.25, 0.3) is 0 Å². The number of aliphatic carboxylic acids is 1. The lowest BCUT2D eigenvalue weighted by atomic mass is 10.0. The Bertz CT molecular complexity index is 775. The highest BCUT2D eigenvalue weighted by atomic mass is 16.5. The van der Waals surface area contributed by atoms with Gasteiger partial charge in [0, 0.05) is 55.4 Å². The summed E-state index contributed by atoms with van der Waals surface area (Å²) in [5.41, 5.74) is 2.84. The Balaban J connectivity index is 1.85. The smallest absolute Gasteiger partial charge is 0.325 e. The molecule has 1 aliphatic heterocycles. The summed E-state index contributed by atoms with van der Waals surface area (Å²) >= 11 is 0. The van der Waals surface area contributed by atoms with Gasteiger partial charge in [-0.1, -0.05) is 12.2 Å². The van der Waals surface area contributed by atoms with Crippen molar-refractivity contribution in [1.29, 1.82) is 0 Å². The number of hydrogen-bond acceptors (Lipinski definition) is 4. The van der Waals surface area contributed by atoms with Crippen LogP contribution in [0.4, 0.5) is 0 Å². The molecule has 0 saturated carbocycles. The third kappa shape index (κ3) is 3.70. The average molecular weight is 343 g/mol. The van der Waals surface area contributed by atoms with Crippen LogP contribution in [0.1, 0.15) is 18.5 Å². The highest BCUT2D eigenvalue weighted by molar-refractivity contribution is 5.90. The van der Waals surface area contributed by atoms with Gasteiger partial charge in [-0.2, -0.15) is 0 Å². The first-order valence-electron chi connectivity index (χ1n) is 8.48. The highest BCUT2D eigenvalue weighted by Gasteiger charge is 2.32. The number of fused-ring (bicyclic) bond motifs is 1. The Labute approximate surface area is 147 Å². The van der Waals surface area contributed by atoms with E-state index in [1.165, 1.54) is 0 Å². The number of carbonyl (C=O) groups is 1. The number of rotatable bonds is 6. The number of carboxylic acid groups (broad SMARTS) is 1. The monoisotopic (exact) mass is 343 g/mol. The Hall–Kier alpha value is -2.31. The third-order valence-electron chi connectivity index (χ3n) is 4.71. The molecule has 134 valence electrons. The second kappa shape index (κ2) is 7.29. The van der Waals surface area contributed by atoms with Crippen LogP contribution in [0.3, 0.4) is 0 Å². The van der Waals surface area contributed by atoms with Crippen LogP contribution in [0.5, 0.6) is 5.75 Å².